The maximum atomic E-state index is 12.1. The first kappa shape index (κ1) is 16.5. The van der Waals surface area contributed by atoms with E-state index >= 15 is 0 Å². The first-order valence-corrected chi connectivity index (χ1v) is 7.88. The SMILES string of the molecule is C[C@H](NC(N)=O)C(=O)Nc1cccc(Cn2cnc3ccccc32)c1. The van der Waals surface area contributed by atoms with E-state index in [2.05, 4.69) is 15.6 Å². The highest BCUT2D eigenvalue weighted by atomic mass is 16.2. The summed E-state index contributed by atoms with van der Waals surface area (Å²) in [6.07, 6.45) is 1.80. The third kappa shape index (κ3) is 3.95. The van der Waals surface area contributed by atoms with Crippen molar-refractivity contribution < 1.29 is 9.59 Å². The lowest BCUT2D eigenvalue weighted by atomic mass is 10.2. The van der Waals surface area contributed by atoms with Crippen molar-refractivity contribution in [3.63, 3.8) is 0 Å². The Hall–Kier alpha value is -3.35. The van der Waals surface area contributed by atoms with Crippen LogP contribution in [0, 0.1) is 0 Å². The maximum absolute atomic E-state index is 12.1. The Balaban J connectivity index is 1.73. The topological polar surface area (TPSA) is 102 Å². The number of nitrogens with zero attached hydrogens (tertiary/aromatic N) is 2. The Bertz CT molecular complexity index is 918. The number of rotatable bonds is 5. The summed E-state index contributed by atoms with van der Waals surface area (Å²) in [5, 5.41) is 5.12. The fraction of sp³-hybridized carbons (Fsp3) is 0.167. The van der Waals surface area contributed by atoms with Crippen LogP contribution in [0.5, 0.6) is 0 Å². The Morgan fingerprint density at radius 2 is 2.00 bits per heavy atom. The van der Waals surface area contributed by atoms with Gasteiger partial charge in [-0.3, -0.25) is 4.79 Å². The van der Waals surface area contributed by atoms with Gasteiger partial charge in [0.1, 0.15) is 6.04 Å². The zero-order chi connectivity index (χ0) is 17.8. The molecule has 2 aromatic carbocycles. The summed E-state index contributed by atoms with van der Waals surface area (Å²) in [6.45, 7) is 2.21. The molecule has 3 amide bonds. The summed E-state index contributed by atoms with van der Waals surface area (Å²) in [4.78, 5) is 27.3. The van der Waals surface area contributed by atoms with Crippen molar-refractivity contribution >= 4 is 28.7 Å². The predicted molar refractivity (Wildman–Crippen MR) is 96.1 cm³/mol. The molecular formula is C18H19N5O2. The zero-order valence-corrected chi connectivity index (χ0v) is 13.8. The minimum absolute atomic E-state index is 0.330. The summed E-state index contributed by atoms with van der Waals surface area (Å²) in [7, 11) is 0. The van der Waals surface area contributed by atoms with E-state index in [0.29, 0.717) is 12.2 Å². The van der Waals surface area contributed by atoms with Crippen LogP contribution in [0.4, 0.5) is 10.5 Å². The number of carbonyl (C=O) groups excluding carboxylic acids is 2. The molecule has 0 aliphatic carbocycles. The zero-order valence-electron chi connectivity index (χ0n) is 13.8. The molecule has 7 nitrogen and oxygen atoms in total. The summed E-state index contributed by atoms with van der Waals surface area (Å²) in [6, 6.07) is 14.0. The highest BCUT2D eigenvalue weighted by molar-refractivity contribution is 5.96. The molecule has 0 spiro atoms. The molecule has 0 unspecified atom stereocenters. The second-order valence-corrected chi connectivity index (χ2v) is 5.78. The number of amides is 3. The van der Waals surface area contributed by atoms with E-state index < -0.39 is 12.1 Å². The second kappa shape index (κ2) is 7.04. The molecule has 3 rings (SSSR count). The van der Waals surface area contributed by atoms with Gasteiger partial charge in [0.2, 0.25) is 5.91 Å². The van der Waals surface area contributed by atoms with Crippen molar-refractivity contribution in [3.8, 4) is 0 Å². The number of nitrogens with two attached hydrogens (primary N) is 1. The molecule has 0 fully saturated rings. The quantitative estimate of drug-likeness (QED) is 0.664. The molecule has 25 heavy (non-hydrogen) atoms. The van der Waals surface area contributed by atoms with E-state index in [0.717, 1.165) is 16.6 Å². The molecule has 4 N–H and O–H groups in total. The van der Waals surface area contributed by atoms with E-state index in [1.807, 2.05) is 47.0 Å². The van der Waals surface area contributed by atoms with E-state index in [9.17, 15) is 9.59 Å². The number of benzene rings is 2. The van der Waals surface area contributed by atoms with Crippen LogP contribution in [0.25, 0.3) is 11.0 Å². The van der Waals surface area contributed by atoms with Crippen LogP contribution in [0.3, 0.4) is 0 Å². The smallest absolute Gasteiger partial charge is 0.312 e. The van der Waals surface area contributed by atoms with Crippen LogP contribution in [0.1, 0.15) is 12.5 Å². The lowest BCUT2D eigenvalue weighted by Gasteiger charge is -2.13. The highest BCUT2D eigenvalue weighted by Gasteiger charge is 2.14. The number of para-hydroxylation sites is 2. The molecule has 0 bridgehead atoms. The molecule has 7 heteroatoms. The number of urea groups is 1. The van der Waals surface area contributed by atoms with E-state index in [-0.39, 0.29) is 5.91 Å². The number of imidazole rings is 1. The van der Waals surface area contributed by atoms with Gasteiger partial charge in [0.25, 0.3) is 0 Å². The van der Waals surface area contributed by atoms with Crippen LogP contribution >= 0.6 is 0 Å². The number of primary amides is 1. The number of carbonyl (C=O) groups is 2. The van der Waals surface area contributed by atoms with Gasteiger partial charge in [-0.05, 0) is 36.8 Å². The normalized spacial score (nSPS) is 11.9. The molecule has 0 saturated carbocycles. The van der Waals surface area contributed by atoms with Gasteiger partial charge in [-0.1, -0.05) is 24.3 Å². The van der Waals surface area contributed by atoms with E-state index in [1.54, 1.807) is 19.3 Å². The van der Waals surface area contributed by atoms with Crippen molar-refractivity contribution in [2.45, 2.75) is 19.5 Å². The molecule has 0 radical (unpaired) electrons. The summed E-state index contributed by atoms with van der Waals surface area (Å²) >= 11 is 0. The van der Waals surface area contributed by atoms with Gasteiger partial charge < -0.3 is 20.9 Å². The number of hydrogen-bond acceptors (Lipinski definition) is 3. The van der Waals surface area contributed by atoms with Crippen molar-refractivity contribution in [1.29, 1.82) is 0 Å². The Morgan fingerprint density at radius 3 is 2.80 bits per heavy atom. The monoisotopic (exact) mass is 337 g/mol. The van der Waals surface area contributed by atoms with Gasteiger partial charge in [0, 0.05) is 12.2 Å². The van der Waals surface area contributed by atoms with Crippen LogP contribution < -0.4 is 16.4 Å². The molecule has 1 heterocycles. The van der Waals surface area contributed by atoms with Gasteiger partial charge in [-0.2, -0.15) is 0 Å². The third-order valence-corrected chi connectivity index (χ3v) is 3.83. The number of fused-ring (bicyclic) bond motifs is 1. The Kier molecular flexibility index (Phi) is 4.65. The molecular weight excluding hydrogens is 318 g/mol. The van der Waals surface area contributed by atoms with E-state index in [1.165, 1.54) is 0 Å². The molecule has 0 aliphatic heterocycles. The number of nitrogens with one attached hydrogen (secondary N) is 2. The third-order valence-electron chi connectivity index (χ3n) is 3.83. The highest BCUT2D eigenvalue weighted by Crippen LogP contribution is 2.16. The molecule has 128 valence electrons. The van der Waals surface area contributed by atoms with Gasteiger partial charge in [0.05, 0.1) is 17.4 Å². The number of hydrogen-bond donors (Lipinski definition) is 3. The van der Waals surface area contributed by atoms with Gasteiger partial charge in [0.15, 0.2) is 0 Å². The maximum Gasteiger partial charge on any atom is 0.312 e. The lowest BCUT2D eigenvalue weighted by Crippen LogP contribution is -2.44. The Morgan fingerprint density at radius 1 is 1.20 bits per heavy atom. The fourth-order valence-electron chi connectivity index (χ4n) is 2.61. The average molecular weight is 337 g/mol. The number of aromatic nitrogens is 2. The minimum atomic E-state index is -0.733. The van der Waals surface area contributed by atoms with Crippen LogP contribution in [-0.2, 0) is 11.3 Å². The second-order valence-electron chi connectivity index (χ2n) is 5.78. The van der Waals surface area contributed by atoms with Gasteiger partial charge in [-0.15, -0.1) is 0 Å². The van der Waals surface area contributed by atoms with Crippen LogP contribution in [0.2, 0.25) is 0 Å². The first-order valence-electron chi connectivity index (χ1n) is 7.88. The van der Waals surface area contributed by atoms with Gasteiger partial charge in [-0.25, -0.2) is 9.78 Å². The molecule has 0 aliphatic rings. The minimum Gasteiger partial charge on any atom is -0.352 e. The van der Waals surface area contributed by atoms with Crippen molar-refractivity contribution in [2.24, 2.45) is 5.73 Å². The summed E-state index contributed by atoms with van der Waals surface area (Å²) in [5.41, 5.74) is 8.71. The number of anilines is 1. The van der Waals surface area contributed by atoms with Crippen LogP contribution in [-0.4, -0.2) is 27.5 Å². The van der Waals surface area contributed by atoms with Gasteiger partial charge >= 0.3 is 6.03 Å². The standard InChI is InChI=1S/C18H19N5O2/c1-12(21-18(19)25)17(24)22-14-6-4-5-13(9-14)10-23-11-20-15-7-2-3-8-16(15)23/h2-9,11-12H,10H2,1H3,(H,22,24)(H3,19,21,25)/t12-/m0/s1. The molecule has 1 atom stereocenters. The van der Waals surface area contributed by atoms with Crippen molar-refractivity contribution in [2.75, 3.05) is 5.32 Å². The largest absolute Gasteiger partial charge is 0.352 e. The molecule has 1 aromatic heterocycles. The lowest BCUT2D eigenvalue weighted by molar-refractivity contribution is -0.117. The average Bonchev–Trinajstić information content (AvgIpc) is 2.98. The van der Waals surface area contributed by atoms with Crippen molar-refractivity contribution in [3.05, 3.63) is 60.4 Å². The van der Waals surface area contributed by atoms with E-state index in [4.69, 9.17) is 5.73 Å². The van der Waals surface area contributed by atoms with Crippen molar-refractivity contribution in [1.82, 2.24) is 14.9 Å². The molecule has 3 aromatic rings. The van der Waals surface area contributed by atoms with Crippen LogP contribution in [0.15, 0.2) is 54.9 Å². The first-order chi connectivity index (χ1) is 12.0. The summed E-state index contributed by atoms with van der Waals surface area (Å²) in [5.74, 6) is -0.330. The molecule has 0 saturated heterocycles. The summed E-state index contributed by atoms with van der Waals surface area (Å²) < 4.78 is 2.05. The Labute approximate surface area is 144 Å². The fourth-order valence-corrected chi connectivity index (χ4v) is 2.61. The predicted octanol–water partition coefficient (Wildman–Crippen LogP) is 2.08.